The van der Waals surface area contributed by atoms with Crippen molar-refractivity contribution in [3.8, 4) is 0 Å². The summed E-state index contributed by atoms with van der Waals surface area (Å²) in [4.78, 5) is 43.8. The number of hydrogen-bond acceptors (Lipinski definition) is 8. The van der Waals surface area contributed by atoms with Crippen LogP contribution in [0.1, 0.15) is 31.3 Å². The predicted molar refractivity (Wildman–Crippen MR) is 120 cm³/mol. The number of rotatable bonds is 6. The van der Waals surface area contributed by atoms with Gasteiger partial charge < -0.3 is 10.1 Å². The van der Waals surface area contributed by atoms with Crippen LogP contribution in [-0.2, 0) is 22.5 Å². The number of carbonyl (C=O) groups is 3. The van der Waals surface area contributed by atoms with Crippen molar-refractivity contribution in [1.82, 2.24) is 9.88 Å². The van der Waals surface area contributed by atoms with Crippen molar-refractivity contribution in [1.29, 1.82) is 0 Å². The van der Waals surface area contributed by atoms with Crippen LogP contribution < -0.4 is 10.6 Å². The first-order valence-corrected chi connectivity index (χ1v) is 11.3. The molecule has 2 aromatic heterocycles. The number of thiazole rings is 1. The Labute approximate surface area is 186 Å². The molecule has 1 aliphatic rings. The van der Waals surface area contributed by atoms with E-state index in [1.165, 1.54) is 29.8 Å². The lowest BCUT2D eigenvalue weighted by atomic mass is 10.2. The van der Waals surface area contributed by atoms with E-state index in [0.29, 0.717) is 35.0 Å². The van der Waals surface area contributed by atoms with Crippen molar-refractivity contribution in [2.24, 2.45) is 0 Å². The van der Waals surface area contributed by atoms with Crippen molar-refractivity contribution < 1.29 is 19.1 Å². The second-order valence-corrected chi connectivity index (χ2v) is 8.80. The summed E-state index contributed by atoms with van der Waals surface area (Å²) in [5.41, 5.74) is 2.64. The van der Waals surface area contributed by atoms with Crippen LogP contribution in [0.3, 0.4) is 0 Å². The lowest BCUT2D eigenvalue weighted by Crippen LogP contribution is -2.36. The highest BCUT2D eigenvalue weighted by Gasteiger charge is 2.23. The number of nitrogens with zero attached hydrogens (tertiary/aromatic N) is 2. The summed E-state index contributed by atoms with van der Waals surface area (Å²) in [6.45, 7) is 1.56. The molecule has 0 saturated heterocycles. The van der Waals surface area contributed by atoms with Crippen molar-refractivity contribution in [3.05, 3.63) is 62.8 Å². The van der Waals surface area contributed by atoms with Gasteiger partial charge in [0.1, 0.15) is 0 Å². The number of amides is 2. The van der Waals surface area contributed by atoms with E-state index in [1.54, 1.807) is 35.7 Å². The number of anilines is 2. The maximum atomic E-state index is 12.4. The van der Waals surface area contributed by atoms with Gasteiger partial charge in [-0.15, -0.1) is 11.3 Å². The van der Waals surface area contributed by atoms with Gasteiger partial charge in [-0.3, -0.25) is 19.8 Å². The van der Waals surface area contributed by atoms with Crippen LogP contribution in [0.25, 0.3) is 0 Å². The highest BCUT2D eigenvalue weighted by atomic mass is 32.1. The number of methoxy groups -OCH3 is 1. The Morgan fingerprint density at radius 1 is 1.13 bits per heavy atom. The zero-order valence-corrected chi connectivity index (χ0v) is 18.3. The molecule has 1 aliphatic heterocycles. The third-order valence-electron chi connectivity index (χ3n) is 4.77. The number of hydrogen-bond donors (Lipinski definition) is 2. The van der Waals surface area contributed by atoms with Gasteiger partial charge in [0, 0.05) is 35.5 Å². The molecular formula is C21H20N4O4S2. The molecule has 2 amide bonds. The summed E-state index contributed by atoms with van der Waals surface area (Å²) >= 11 is 2.92. The van der Waals surface area contributed by atoms with Crippen LogP contribution in [0.5, 0.6) is 0 Å². The molecule has 0 radical (unpaired) electrons. The Kier molecular flexibility index (Phi) is 6.40. The number of carbonyl (C=O) groups excluding carboxylic acids is 3. The zero-order valence-electron chi connectivity index (χ0n) is 16.7. The summed E-state index contributed by atoms with van der Waals surface area (Å²) in [5, 5.41) is 9.93. The van der Waals surface area contributed by atoms with Crippen molar-refractivity contribution in [2.45, 2.75) is 13.0 Å². The summed E-state index contributed by atoms with van der Waals surface area (Å²) in [6.07, 6.45) is 0.723. The minimum absolute atomic E-state index is 0.134. The molecule has 0 saturated carbocycles. The first-order valence-electron chi connectivity index (χ1n) is 9.54. The Hall–Kier alpha value is -3.08. The molecule has 0 atom stereocenters. The monoisotopic (exact) mass is 456 g/mol. The van der Waals surface area contributed by atoms with Crippen LogP contribution >= 0.6 is 22.7 Å². The van der Waals surface area contributed by atoms with E-state index in [9.17, 15) is 14.4 Å². The molecule has 0 aliphatic carbocycles. The van der Waals surface area contributed by atoms with E-state index < -0.39 is 5.97 Å². The third-order valence-corrected chi connectivity index (χ3v) is 6.45. The molecule has 8 nitrogen and oxygen atoms in total. The average molecular weight is 457 g/mol. The molecule has 31 heavy (non-hydrogen) atoms. The molecule has 0 bridgehead atoms. The molecular weight excluding hydrogens is 436 g/mol. The highest BCUT2D eigenvalue weighted by Crippen LogP contribution is 2.28. The van der Waals surface area contributed by atoms with E-state index in [0.717, 1.165) is 17.0 Å². The molecule has 1 aromatic carbocycles. The lowest BCUT2D eigenvalue weighted by Gasteiger charge is -2.25. The molecule has 3 heterocycles. The number of fused-ring (bicyclic) bond motifs is 1. The van der Waals surface area contributed by atoms with Crippen LogP contribution in [0.2, 0.25) is 0 Å². The number of thiophene rings is 1. The van der Waals surface area contributed by atoms with Gasteiger partial charge in [0.25, 0.3) is 5.91 Å². The summed E-state index contributed by atoms with van der Waals surface area (Å²) < 4.78 is 4.67. The van der Waals surface area contributed by atoms with Gasteiger partial charge in [-0.2, -0.15) is 11.3 Å². The maximum absolute atomic E-state index is 12.4. The van der Waals surface area contributed by atoms with Crippen molar-refractivity contribution in [2.75, 3.05) is 30.8 Å². The fourth-order valence-electron chi connectivity index (χ4n) is 3.21. The van der Waals surface area contributed by atoms with Gasteiger partial charge in [0.05, 0.1) is 30.5 Å². The van der Waals surface area contributed by atoms with Crippen molar-refractivity contribution in [3.63, 3.8) is 0 Å². The number of esters is 1. The van der Waals surface area contributed by atoms with E-state index in [4.69, 9.17) is 0 Å². The molecule has 4 rings (SSSR count). The second-order valence-electron chi connectivity index (χ2n) is 6.93. The quantitative estimate of drug-likeness (QED) is 0.553. The van der Waals surface area contributed by atoms with Gasteiger partial charge >= 0.3 is 5.97 Å². The van der Waals surface area contributed by atoms with Crippen LogP contribution in [0.15, 0.2) is 41.1 Å². The van der Waals surface area contributed by atoms with Gasteiger partial charge in [-0.1, -0.05) is 0 Å². The molecule has 160 valence electrons. The molecule has 0 fully saturated rings. The van der Waals surface area contributed by atoms with Gasteiger partial charge in [0.2, 0.25) is 5.91 Å². The fourth-order valence-corrected chi connectivity index (χ4v) is 4.89. The van der Waals surface area contributed by atoms with Crippen LogP contribution in [-0.4, -0.2) is 47.9 Å². The Balaban J connectivity index is 1.31. The van der Waals surface area contributed by atoms with Crippen LogP contribution in [0, 0.1) is 0 Å². The average Bonchev–Trinajstić information content (AvgIpc) is 3.43. The SMILES string of the molecule is COC(=O)c1ccc(NC(=O)CN2CCc3nc(NC(=O)c4ccsc4)sc3C2)cc1. The van der Waals surface area contributed by atoms with E-state index >= 15 is 0 Å². The first-order chi connectivity index (χ1) is 15.0. The normalized spacial score (nSPS) is 13.3. The number of benzene rings is 1. The minimum Gasteiger partial charge on any atom is -0.465 e. The van der Waals surface area contributed by atoms with E-state index in [1.807, 2.05) is 10.3 Å². The molecule has 0 spiro atoms. The zero-order chi connectivity index (χ0) is 21.8. The van der Waals surface area contributed by atoms with Gasteiger partial charge in [-0.25, -0.2) is 9.78 Å². The molecule has 3 aromatic rings. The fraction of sp³-hybridized carbons (Fsp3) is 0.238. The largest absolute Gasteiger partial charge is 0.465 e. The lowest BCUT2D eigenvalue weighted by molar-refractivity contribution is -0.117. The standard InChI is InChI=1S/C21H20N4O4S2/c1-29-20(28)13-2-4-15(5-3-13)22-18(26)11-25-8-6-16-17(10-25)31-21(23-16)24-19(27)14-7-9-30-12-14/h2-5,7,9,12H,6,8,10-11H2,1H3,(H,22,26)(H,23,24,27). The Morgan fingerprint density at radius 3 is 2.65 bits per heavy atom. The number of aromatic nitrogens is 1. The van der Waals surface area contributed by atoms with Gasteiger partial charge in [-0.05, 0) is 35.7 Å². The Morgan fingerprint density at radius 2 is 1.94 bits per heavy atom. The highest BCUT2D eigenvalue weighted by molar-refractivity contribution is 7.16. The maximum Gasteiger partial charge on any atom is 0.337 e. The third kappa shape index (κ3) is 5.16. The number of nitrogens with one attached hydrogen (secondary N) is 2. The number of ether oxygens (including phenoxy) is 1. The first kappa shape index (κ1) is 21.2. The Bertz CT molecular complexity index is 1090. The second kappa shape index (κ2) is 9.38. The van der Waals surface area contributed by atoms with E-state index in [-0.39, 0.29) is 18.4 Å². The smallest absolute Gasteiger partial charge is 0.337 e. The molecule has 10 heteroatoms. The summed E-state index contributed by atoms with van der Waals surface area (Å²) in [5.74, 6) is -0.719. The predicted octanol–water partition coefficient (Wildman–Crippen LogP) is 3.24. The molecule has 2 N–H and O–H groups in total. The molecule has 0 unspecified atom stereocenters. The summed E-state index contributed by atoms with van der Waals surface area (Å²) in [6, 6.07) is 8.33. The van der Waals surface area contributed by atoms with E-state index in [2.05, 4.69) is 20.4 Å². The van der Waals surface area contributed by atoms with Gasteiger partial charge in [0.15, 0.2) is 5.13 Å². The summed E-state index contributed by atoms with van der Waals surface area (Å²) in [7, 11) is 1.33. The topological polar surface area (TPSA) is 101 Å². The van der Waals surface area contributed by atoms with Crippen molar-refractivity contribution >= 4 is 51.3 Å². The minimum atomic E-state index is -0.419. The van der Waals surface area contributed by atoms with Crippen LogP contribution in [0.4, 0.5) is 10.8 Å².